The van der Waals surface area contributed by atoms with E-state index in [2.05, 4.69) is 9.97 Å². The molecule has 0 radical (unpaired) electrons. The van der Waals surface area contributed by atoms with Crippen molar-refractivity contribution in [1.29, 1.82) is 0 Å². The number of halogens is 1. The number of rotatable bonds is 4. The first-order valence-electron chi connectivity index (χ1n) is 6.49. The predicted octanol–water partition coefficient (Wildman–Crippen LogP) is 2.45. The molecule has 0 aliphatic heterocycles. The monoisotopic (exact) mass is 287 g/mol. The summed E-state index contributed by atoms with van der Waals surface area (Å²) < 4.78 is 20.1. The Labute approximate surface area is 120 Å². The van der Waals surface area contributed by atoms with Crippen LogP contribution in [0.1, 0.15) is 29.1 Å². The molecule has 3 aromatic rings. The van der Waals surface area contributed by atoms with E-state index < -0.39 is 6.10 Å². The molecule has 6 heteroatoms. The van der Waals surface area contributed by atoms with Gasteiger partial charge in [-0.1, -0.05) is 12.1 Å². The van der Waals surface area contributed by atoms with E-state index in [1.165, 1.54) is 24.3 Å². The SMILES string of the molecule is Cc1cnc(Cn2ccnc2[C@@H](O)c2ccc(F)cc2)o1. The normalized spacial score (nSPS) is 12.5. The molecule has 0 aliphatic carbocycles. The van der Waals surface area contributed by atoms with Gasteiger partial charge in [0.25, 0.3) is 0 Å². The van der Waals surface area contributed by atoms with Crippen LogP contribution in [-0.4, -0.2) is 19.6 Å². The minimum absolute atomic E-state index is 0.343. The Kier molecular flexibility index (Phi) is 3.53. The van der Waals surface area contributed by atoms with Crippen molar-refractivity contribution >= 4 is 0 Å². The second-order valence-electron chi connectivity index (χ2n) is 4.73. The third-order valence-corrected chi connectivity index (χ3v) is 3.15. The van der Waals surface area contributed by atoms with Gasteiger partial charge in [-0.2, -0.15) is 0 Å². The number of oxazole rings is 1. The van der Waals surface area contributed by atoms with E-state index >= 15 is 0 Å². The van der Waals surface area contributed by atoms with Gasteiger partial charge in [0.15, 0.2) is 0 Å². The fourth-order valence-corrected chi connectivity index (χ4v) is 2.12. The van der Waals surface area contributed by atoms with Crippen LogP contribution < -0.4 is 0 Å². The Morgan fingerprint density at radius 2 is 2.05 bits per heavy atom. The summed E-state index contributed by atoms with van der Waals surface area (Å²) in [5.74, 6) is 1.38. The fourth-order valence-electron chi connectivity index (χ4n) is 2.12. The molecule has 21 heavy (non-hydrogen) atoms. The molecular weight excluding hydrogens is 273 g/mol. The van der Waals surface area contributed by atoms with Crippen LogP contribution >= 0.6 is 0 Å². The van der Waals surface area contributed by atoms with Gasteiger partial charge >= 0.3 is 0 Å². The minimum atomic E-state index is -0.934. The molecule has 108 valence electrons. The van der Waals surface area contributed by atoms with Gasteiger partial charge in [-0.05, 0) is 24.6 Å². The van der Waals surface area contributed by atoms with Gasteiger partial charge < -0.3 is 14.1 Å². The number of aliphatic hydroxyl groups excluding tert-OH is 1. The summed E-state index contributed by atoms with van der Waals surface area (Å²) in [4.78, 5) is 8.30. The molecule has 3 rings (SSSR count). The van der Waals surface area contributed by atoms with E-state index in [9.17, 15) is 9.50 Å². The third-order valence-electron chi connectivity index (χ3n) is 3.15. The summed E-state index contributed by atoms with van der Waals surface area (Å²) >= 11 is 0. The Morgan fingerprint density at radius 3 is 2.71 bits per heavy atom. The summed E-state index contributed by atoms with van der Waals surface area (Å²) in [6, 6.07) is 5.69. The molecule has 0 aliphatic rings. The summed E-state index contributed by atoms with van der Waals surface area (Å²) in [7, 11) is 0. The molecule has 0 saturated heterocycles. The van der Waals surface area contributed by atoms with Crippen LogP contribution in [0.4, 0.5) is 4.39 Å². The van der Waals surface area contributed by atoms with E-state index in [4.69, 9.17) is 4.42 Å². The maximum Gasteiger partial charge on any atom is 0.214 e. The zero-order chi connectivity index (χ0) is 14.8. The van der Waals surface area contributed by atoms with Crippen molar-refractivity contribution in [3.8, 4) is 0 Å². The summed E-state index contributed by atoms with van der Waals surface area (Å²) in [6.45, 7) is 2.19. The number of benzene rings is 1. The molecule has 1 atom stereocenters. The van der Waals surface area contributed by atoms with Crippen LogP contribution in [-0.2, 0) is 6.54 Å². The lowest BCUT2D eigenvalue weighted by molar-refractivity contribution is 0.204. The van der Waals surface area contributed by atoms with Crippen LogP contribution in [0.2, 0.25) is 0 Å². The molecule has 2 aromatic heterocycles. The van der Waals surface area contributed by atoms with Gasteiger partial charge in [0.1, 0.15) is 30.1 Å². The highest BCUT2D eigenvalue weighted by Crippen LogP contribution is 2.21. The molecule has 0 spiro atoms. The second kappa shape index (κ2) is 5.49. The van der Waals surface area contributed by atoms with E-state index in [0.29, 0.717) is 23.8 Å². The standard InChI is InChI=1S/C15H14FN3O2/c1-10-8-18-13(21-10)9-19-7-6-17-15(19)14(20)11-2-4-12(16)5-3-11/h2-8,14,20H,9H2,1H3/t14-/m0/s1. The minimum Gasteiger partial charge on any atom is -0.444 e. The van der Waals surface area contributed by atoms with Gasteiger partial charge in [0.05, 0.1) is 6.20 Å². The smallest absolute Gasteiger partial charge is 0.214 e. The number of hydrogen-bond acceptors (Lipinski definition) is 4. The highest BCUT2D eigenvalue weighted by Gasteiger charge is 2.17. The quantitative estimate of drug-likeness (QED) is 0.800. The van der Waals surface area contributed by atoms with Crippen molar-refractivity contribution in [2.75, 3.05) is 0 Å². The highest BCUT2D eigenvalue weighted by atomic mass is 19.1. The first kappa shape index (κ1) is 13.5. The molecule has 1 N–H and O–H groups in total. The average Bonchev–Trinajstić information content (AvgIpc) is 3.09. The molecule has 1 aromatic carbocycles. The molecule has 0 bridgehead atoms. The van der Waals surface area contributed by atoms with Gasteiger partial charge in [-0.15, -0.1) is 0 Å². The first-order valence-corrected chi connectivity index (χ1v) is 6.49. The largest absolute Gasteiger partial charge is 0.444 e. The lowest BCUT2D eigenvalue weighted by Gasteiger charge is -2.12. The van der Waals surface area contributed by atoms with E-state index in [1.54, 1.807) is 23.2 Å². The van der Waals surface area contributed by atoms with Crippen LogP contribution in [0.5, 0.6) is 0 Å². The highest BCUT2D eigenvalue weighted by molar-refractivity contribution is 5.23. The molecule has 0 amide bonds. The molecule has 0 saturated carbocycles. The topological polar surface area (TPSA) is 64.1 Å². The van der Waals surface area contributed by atoms with Crippen molar-refractivity contribution in [2.45, 2.75) is 19.6 Å². The number of aryl methyl sites for hydroxylation is 1. The van der Waals surface area contributed by atoms with Gasteiger partial charge in [-0.3, -0.25) is 0 Å². The molecular formula is C15H14FN3O2. The summed E-state index contributed by atoms with van der Waals surface area (Å²) in [5.41, 5.74) is 0.576. The summed E-state index contributed by atoms with van der Waals surface area (Å²) in [6.07, 6.45) is 4.04. The fraction of sp³-hybridized carbons (Fsp3) is 0.200. The van der Waals surface area contributed by atoms with Crippen LogP contribution in [0.25, 0.3) is 0 Å². The number of imidazole rings is 1. The molecule has 0 fully saturated rings. The number of aliphatic hydroxyl groups is 1. The lowest BCUT2D eigenvalue weighted by Crippen LogP contribution is -2.10. The number of hydrogen-bond donors (Lipinski definition) is 1. The second-order valence-corrected chi connectivity index (χ2v) is 4.73. The van der Waals surface area contributed by atoms with E-state index in [-0.39, 0.29) is 5.82 Å². The Balaban J connectivity index is 1.86. The van der Waals surface area contributed by atoms with Crippen LogP contribution in [0.15, 0.2) is 47.3 Å². The molecule has 5 nitrogen and oxygen atoms in total. The van der Waals surface area contributed by atoms with Crippen molar-refractivity contribution in [3.63, 3.8) is 0 Å². The first-order chi connectivity index (χ1) is 10.1. The molecule has 2 heterocycles. The van der Waals surface area contributed by atoms with E-state index in [0.717, 1.165) is 5.76 Å². The lowest BCUT2D eigenvalue weighted by atomic mass is 10.1. The van der Waals surface area contributed by atoms with Crippen LogP contribution in [0, 0.1) is 12.7 Å². The third kappa shape index (κ3) is 2.85. The number of aromatic nitrogens is 3. The van der Waals surface area contributed by atoms with Crippen molar-refractivity contribution in [2.24, 2.45) is 0 Å². The van der Waals surface area contributed by atoms with E-state index in [1.807, 2.05) is 6.92 Å². The van der Waals surface area contributed by atoms with Crippen LogP contribution in [0.3, 0.4) is 0 Å². The van der Waals surface area contributed by atoms with Crippen molar-refractivity contribution < 1.29 is 13.9 Å². The van der Waals surface area contributed by atoms with Crippen molar-refractivity contribution in [1.82, 2.24) is 14.5 Å². The van der Waals surface area contributed by atoms with Gasteiger partial charge in [-0.25, -0.2) is 14.4 Å². The zero-order valence-electron chi connectivity index (χ0n) is 11.4. The Morgan fingerprint density at radius 1 is 1.29 bits per heavy atom. The Hall–Kier alpha value is -2.47. The average molecular weight is 287 g/mol. The maximum atomic E-state index is 12.9. The van der Waals surface area contributed by atoms with Gasteiger partial charge in [0, 0.05) is 12.4 Å². The maximum absolute atomic E-state index is 12.9. The van der Waals surface area contributed by atoms with Gasteiger partial charge in [0.2, 0.25) is 5.89 Å². The Bertz CT molecular complexity index is 733. The number of nitrogens with zero attached hydrogens (tertiary/aromatic N) is 3. The van der Waals surface area contributed by atoms with Crippen molar-refractivity contribution in [3.05, 3.63) is 71.7 Å². The predicted molar refractivity (Wildman–Crippen MR) is 73.0 cm³/mol. The zero-order valence-corrected chi connectivity index (χ0v) is 11.4. The summed E-state index contributed by atoms with van der Waals surface area (Å²) in [5, 5.41) is 10.4. The molecule has 0 unspecified atom stereocenters.